The van der Waals surface area contributed by atoms with E-state index in [0.29, 0.717) is 25.3 Å². The molecule has 1 aliphatic carbocycles. The number of benzene rings is 3. The summed E-state index contributed by atoms with van der Waals surface area (Å²) < 4.78 is 6.19. The second-order valence-corrected chi connectivity index (χ2v) is 10.6. The van der Waals surface area contributed by atoms with Gasteiger partial charge in [-0.25, -0.2) is 5.43 Å². The van der Waals surface area contributed by atoms with E-state index in [1.165, 1.54) is 5.69 Å². The van der Waals surface area contributed by atoms with E-state index in [9.17, 15) is 9.59 Å². The van der Waals surface area contributed by atoms with Gasteiger partial charge in [0.2, 0.25) is 0 Å². The van der Waals surface area contributed by atoms with Gasteiger partial charge < -0.3 is 14.2 Å². The molecule has 1 aliphatic heterocycles. The van der Waals surface area contributed by atoms with Crippen LogP contribution in [0.2, 0.25) is 0 Å². The number of anilines is 1. The number of fused-ring (bicyclic) bond motifs is 1. The van der Waals surface area contributed by atoms with Gasteiger partial charge in [-0.1, -0.05) is 78.9 Å². The van der Waals surface area contributed by atoms with Gasteiger partial charge in [0.25, 0.3) is 11.8 Å². The Morgan fingerprint density at radius 3 is 2.00 bits per heavy atom. The van der Waals surface area contributed by atoms with Gasteiger partial charge in [0.1, 0.15) is 5.76 Å². The first kappa shape index (κ1) is 26.6. The number of hydrogen-bond donors (Lipinski definition) is 1. The Bertz CT molecular complexity index is 1500. The van der Waals surface area contributed by atoms with Gasteiger partial charge in [0.15, 0.2) is 5.76 Å². The quantitative estimate of drug-likeness (QED) is 0.322. The summed E-state index contributed by atoms with van der Waals surface area (Å²) in [6.45, 7) is 4.75. The Morgan fingerprint density at radius 1 is 0.805 bits per heavy atom. The standard InChI is InChI=1S/C34H34N4O3/c1-24-30-28(35-36-33(39)31(25-12-5-2-6-13-25)26-14-7-3-8-15-26)18-11-19-29(30)41-32(24)34(40)38-22-20-37(21-23-38)27-16-9-4-10-17-27/h2-10,12-17,31H,11,18-23H2,1H3,(H,36,39)/b35-28+. The molecule has 4 aromatic rings. The first-order valence-electron chi connectivity index (χ1n) is 14.3. The van der Waals surface area contributed by atoms with Gasteiger partial charge in [0.05, 0.1) is 11.6 Å². The van der Waals surface area contributed by atoms with Crippen molar-refractivity contribution < 1.29 is 14.0 Å². The van der Waals surface area contributed by atoms with E-state index in [0.717, 1.165) is 59.7 Å². The molecule has 6 rings (SSSR count). The maximum atomic E-state index is 13.6. The van der Waals surface area contributed by atoms with Gasteiger partial charge in [0, 0.05) is 49.4 Å². The van der Waals surface area contributed by atoms with Crippen LogP contribution in [0.25, 0.3) is 0 Å². The van der Waals surface area contributed by atoms with Gasteiger partial charge in [-0.3, -0.25) is 9.59 Å². The molecular weight excluding hydrogens is 512 g/mol. The smallest absolute Gasteiger partial charge is 0.289 e. The predicted octanol–water partition coefficient (Wildman–Crippen LogP) is 5.54. The van der Waals surface area contributed by atoms with E-state index >= 15 is 0 Å². The lowest BCUT2D eigenvalue weighted by atomic mass is 9.90. The number of carbonyl (C=O) groups excluding carboxylic acids is 2. The molecule has 41 heavy (non-hydrogen) atoms. The highest BCUT2D eigenvalue weighted by molar-refractivity contribution is 6.07. The molecule has 2 amide bonds. The second-order valence-electron chi connectivity index (χ2n) is 10.6. The van der Waals surface area contributed by atoms with Gasteiger partial charge in [-0.2, -0.15) is 5.10 Å². The zero-order valence-corrected chi connectivity index (χ0v) is 23.3. The Hall–Kier alpha value is -4.65. The highest BCUT2D eigenvalue weighted by atomic mass is 16.4. The monoisotopic (exact) mass is 546 g/mol. The SMILES string of the molecule is Cc1c(C(=O)N2CCN(c3ccccc3)CC2)oc2c1/C(=N/NC(=O)C(c1ccccc1)c1ccccc1)CCC2. The number of aryl methyl sites for hydroxylation is 1. The summed E-state index contributed by atoms with van der Waals surface area (Å²) >= 11 is 0. The van der Waals surface area contributed by atoms with E-state index in [-0.39, 0.29) is 11.8 Å². The molecule has 1 N–H and O–H groups in total. The van der Waals surface area contributed by atoms with Crippen molar-refractivity contribution in [3.05, 3.63) is 125 Å². The number of para-hydroxylation sites is 1. The summed E-state index contributed by atoms with van der Waals surface area (Å²) in [5.41, 5.74) is 8.24. The van der Waals surface area contributed by atoms with Crippen molar-refractivity contribution >= 4 is 23.2 Å². The first-order valence-corrected chi connectivity index (χ1v) is 14.3. The number of piperazine rings is 1. The molecule has 0 unspecified atom stereocenters. The Kier molecular flexibility index (Phi) is 7.67. The zero-order valence-electron chi connectivity index (χ0n) is 23.3. The molecule has 7 nitrogen and oxygen atoms in total. The van der Waals surface area contributed by atoms with Crippen LogP contribution in [0.15, 0.2) is 101 Å². The van der Waals surface area contributed by atoms with Crippen LogP contribution in [-0.2, 0) is 11.2 Å². The zero-order chi connectivity index (χ0) is 28.2. The van der Waals surface area contributed by atoms with E-state index in [1.807, 2.05) is 90.7 Å². The first-order chi connectivity index (χ1) is 20.1. The molecule has 0 bridgehead atoms. The molecule has 2 heterocycles. The predicted molar refractivity (Wildman–Crippen MR) is 160 cm³/mol. The largest absolute Gasteiger partial charge is 0.455 e. The molecule has 1 fully saturated rings. The number of nitrogens with one attached hydrogen (secondary N) is 1. The van der Waals surface area contributed by atoms with E-state index in [1.54, 1.807) is 0 Å². The fraction of sp³-hybridized carbons (Fsp3) is 0.265. The average Bonchev–Trinajstić information content (AvgIpc) is 3.38. The van der Waals surface area contributed by atoms with Crippen molar-refractivity contribution in [2.75, 3.05) is 31.1 Å². The number of hydrogen-bond acceptors (Lipinski definition) is 5. The number of rotatable bonds is 6. The second kappa shape index (κ2) is 11.8. The molecule has 1 saturated heterocycles. The van der Waals surface area contributed by atoms with Gasteiger partial charge in [-0.15, -0.1) is 0 Å². The Labute approximate surface area is 240 Å². The van der Waals surface area contributed by atoms with Crippen LogP contribution in [0.1, 0.15) is 57.3 Å². The third kappa shape index (κ3) is 5.53. The number of hydrazone groups is 1. The lowest BCUT2D eigenvalue weighted by molar-refractivity contribution is -0.121. The highest BCUT2D eigenvalue weighted by Crippen LogP contribution is 2.31. The molecule has 3 aromatic carbocycles. The fourth-order valence-electron chi connectivity index (χ4n) is 5.91. The number of amides is 2. The summed E-state index contributed by atoms with van der Waals surface area (Å²) in [6.07, 6.45) is 2.30. The number of carbonyl (C=O) groups is 2. The summed E-state index contributed by atoms with van der Waals surface area (Å²) in [5.74, 6) is 0.394. The molecule has 2 aliphatic rings. The summed E-state index contributed by atoms with van der Waals surface area (Å²) in [4.78, 5) is 31.3. The molecule has 1 aromatic heterocycles. The van der Waals surface area contributed by atoms with Crippen molar-refractivity contribution in [1.82, 2.24) is 10.3 Å². The molecule has 0 radical (unpaired) electrons. The molecule has 7 heteroatoms. The molecule has 0 spiro atoms. The minimum Gasteiger partial charge on any atom is -0.455 e. The van der Waals surface area contributed by atoms with Crippen molar-refractivity contribution in [3.8, 4) is 0 Å². The maximum Gasteiger partial charge on any atom is 0.289 e. The Morgan fingerprint density at radius 2 is 1.39 bits per heavy atom. The van der Waals surface area contributed by atoms with Crippen molar-refractivity contribution in [2.45, 2.75) is 32.1 Å². The summed E-state index contributed by atoms with van der Waals surface area (Å²) in [5, 5.41) is 4.61. The third-order valence-corrected chi connectivity index (χ3v) is 8.04. The Balaban J connectivity index is 1.20. The molecular formula is C34H34N4O3. The van der Waals surface area contributed by atoms with Crippen LogP contribution >= 0.6 is 0 Å². The van der Waals surface area contributed by atoms with Gasteiger partial charge >= 0.3 is 0 Å². The van der Waals surface area contributed by atoms with Crippen molar-refractivity contribution in [1.29, 1.82) is 0 Å². The van der Waals surface area contributed by atoms with E-state index < -0.39 is 5.92 Å². The maximum absolute atomic E-state index is 13.6. The van der Waals surface area contributed by atoms with Gasteiger partial charge in [-0.05, 0) is 43.0 Å². The fourth-order valence-corrected chi connectivity index (χ4v) is 5.91. The minimum absolute atomic E-state index is 0.0822. The van der Waals surface area contributed by atoms with E-state index in [4.69, 9.17) is 4.42 Å². The van der Waals surface area contributed by atoms with Crippen LogP contribution in [0.3, 0.4) is 0 Å². The topological polar surface area (TPSA) is 78.2 Å². The lowest BCUT2D eigenvalue weighted by Crippen LogP contribution is -2.48. The van der Waals surface area contributed by atoms with Crippen LogP contribution in [0.5, 0.6) is 0 Å². The van der Waals surface area contributed by atoms with Crippen LogP contribution in [0, 0.1) is 6.92 Å². The minimum atomic E-state index is -0.484. The lowest BCUT2D eigenvalue weighted by Gasteiger charge is -2.35. The van der Waals surface area contributed by atoms with Crippen LogP contribution in [0.4, 0.5) is 5.69 Å². The summed E-state index contributed by atoms with van der Waals surface area (Å²) in [6, 6.07) is 29.8. The summed E-state index contributed by atoms with van der Waals surface area (Å²) in [7, 11) is 0. The van der Waals surface area contributed by atoms with Crippen LogP contribution < -0.4 is 10.3 Å². The highest BCUT2D eigenvalue weighted by Gasteiger charge is 2.32. The third-order valence-electron chi connectivity index (χ3n) is 8.04. The number of furan rings is 1. The molecule has 208 valence electrons. The molecule has 0 saturated carbocycles. The molecule has 0 atom stereocenters. The van der Waals surface area contributed by atoms with E-state index in [2.05, 4.69) is 27.6 Å². The average molecular weight is 547 g/mol. The van der Waals surface area contributed by atoms with Crippen LogP contribution in [-0.4, -0.2) is 48.6 Å². The van der Waals surface area contributed by atoms with Crippen molar-refractivity contribution in [3.63, 3.8) is 0 Å². The van der Waals surface area contributed by atoms with Crippen molar-refractivity contribution in [2.24, 2.45) is 5.10 Å². The normalized spacial score (nSPS) is 16.1. The number of nitrogens with zero attached hydrogens (tertiary/aromatic N) is 3.